The van der Waals surface area contributed by atoms with Crippen LogP contribution in [0.5, 0.6) is 0 Å². The van der Waals surface area contributed by atoms with Crippen molar-refractivity contribution in [1.82, 2.24) is 0 Å². The lowest BCUT2D eigenvalue weighted by Gasteiger charge is -2.08. The topological polar surface area (TPSA) is 52.3 Å². The van der Waals surface area contributed by atoms with E-state index in [0.29, 0.717) is 5.02 Å². The van der Waals surface area contributed by atoms with Gasteiger partial charge >= 0.3 is 0 Å². The quantitative estimate of drug-likeness (QED) is 0.747. The SMILES string of the molecule is Cc1cc(C(N)c2oc3ccc(Cl)cc3c2C)c(C)o1. The highest BCUT2D eigenvalue weighted by atomic mass is 35.5. The smallest absolute Gasteiger partial charge is 0.134 e. The molecule has 2 aromatic heterocycles. The lowest BCUT2D eigenvalue weighted by atomic mass is 10.0. The lowest BCUT2D eigenvalue weighted by molar-refractivity contribution is 0.488. The van der Waals surface area contributed by atoms with Gasteiger partial charge in [0.25, 0.3) is 0 Å². The fourth-order valence-corrected chi connectivity index (χ4v) is 2.78. The van der Waals surface area contributed by atoms with Crippen LogP contribution in [0.1, 0.15) is 34.4 Å². The Bertz CT molecular complexity index is 785. The Kier molecular flexibility index (Phi) is 3.11. The van der Waals surface area contributed by atoms with Crippen LogP contribution in [0.15, 0.2) is 33.1 Å². The molecule has 0 aliphatic rings. The zero-order valence-electron chi connectivity index (χ0n) is 11.7. The fourth-order valence-electron chi connectivity index (χ4n) is 2.61. The van der Waals surface area contributed by atoms with Crippen molar-refractivity contribution in [2.75, 3.05) is 0 Å². The van der Waals surface area contributed by atoms with Crippen LogP contribution in [0, 0.1) is 20.8 Å². The Balaban J connectivity index is 2.14. The third-order valence-electron chi connectivity index (χ3n) is 3.63. The molecule has 0 saturated heterocycles. The summed E-state index contributed by atoms with van der Waals surface area (Å²) in [6, 6.07) is 7.21. The first-order chi connectivity index (χ1) is 9.47. The molecule has 0 aliphatic carbocycles. The number of rotatable bonds is 2. The van der Waals surface area contributed by atoms with E-state index < -0.39 is 0 Å². The van der Waals surface area contributed by atoms with Gasteiger partial charge in [0.15, 0.2) is 0 Å². The van der Waals surface area contributed by atoms with Crippen LogP contribution in [0.2, 0.25) is 5.02 Å². The summed E-state index contributed by atoms with van der Waals surface area (Å²) in [5.41, 5.74) is 9.12. The molecule has 2 heterocycles. The highest BCUT2D eigenvalue weighted by Gasteiger charge is 2.22. The number of halogens is 1. The first-order valence-corrected chi connectivity index (χ1v) is 6.86. The zero-order valence-corrected chi connectivity index (χ0v) is 12.4. The normalized spacial score (nSPS) is 13.1. The second-order valence-electron chi connectivity index (χ2n) is 5.08. The van der Waals surface area contributed by atoms with Crippen LogP contribution in [-0.4, -0.2) is 0 Å². The third-order valence-corrected chi connectivity index (χ3v) is 3.87. The van der Waals surface area contributed by atoms with Crippen molar-refractivity contribution in [1.29, 1.82) is 0 Å². The Hall–Kier alpha value is -1.71. The van der Waals surface area contributed by atoms with E-state index in [-0.39, 0.29) is 6.04 Å². The van der Waals surface area contributed by atoms with Gasteiger partial charge in [0.2, 0.25) is 0 Å². The van der Waals surface area contributed by atoms with Crippen molar-refractivity contribution in [2.24, 2.45) is 5.73 Å². The summed E-state index contributed by atoms with van der Waals surface area (Å²) in [6.45, 7) is 5.82. The molecule has 3 aromatic rings. The molecule has 0 fully saturated rings. The number of hydrogen-bond acceptors (Lipinski definition) is 3. The first kappa shape index (κ1) is 13.3. The molecule has 0 spiro atoms. The monoisotopic (exact) mass is 289 g/mol. The second kappa shape index (κ2) is 4.69. The fraction of sp³-hybridized carbons (Fsp3) is 0.250. The Morgan fingerprint density at radius 3 is 2.50 bits per heavy atom. The van der Waals surface area contributed by atoms with E-state index in [1.54, 1.807) is 0 Å². The summed E-state index contributed by atoms with van der Waals surface area (Å²) in [4.78, 5) is 0. The molecule has 3 rings (SSSR count). The molecule has 20 heavy (non-hydrogen) atoms. The number of hydrogen-bond donors (Lipinski definition) is 1. The predicted molar refractivity (Wildman–Crippen MR) is 80.2 cm³/mol. The molecule has 1 unspecified atom stereocenters. The van der Waals surface area contributed by atoms with Crippen LogP contribution in [0.4, 0.5) is 0 Å². The number of nitrogens with two attached hydrogens (primary N) is 1. The standard InChI is InChI=1S/C16H16ClNO2/c1-8-6-13(10(3)19-8)15(18)16-9(2)12-7-11(17)4-5-14(12)20-16/h4-7,15H,18H2,1-3H3. The van der Waals surface area contributed by atoms with Crippen LogP contribution < -0.4 is 5.73 Å². The Morgan fingerprint density at radius 1 is 1.10 bits per heavy atom. The van der Waals surface area contributed by atoms with Gasteiger partial charge in [0.1, 0.15) is 22.9 Å². The highest BCUT2D eigenvalue weighted by Crippen LogP contribution is 2.34. The van der Waals surface area contributed by atoms with Crippen molar-refractivity contribution >= 4 is 22.6 Å². The number of aryl methyl sites for hydroxylation is 3. The molecular formula is C16H16ClNO2. The van der Waals surface area contributed by atoms with Crippen molar-refractivity contribution in [3.8, 4) is 0 Å². The average Bonchev–Trinajstić information content (AvgIpc) is 2.90. The minimum absolute atomic E-state index is 0.335. The van der Waals surface area contributed by atoms with Crippen LogP contribution in [0.3, 0.4) is 0 Å². The summed E-state index contributed by atoms with van der Waals surface area (Å²) < 4.78 is 11.5. The van der Waals surface area contributed by atoms with E-state index in [0.717, 1.165) is 39.4 Å². The lowest BCUT2D eigenvalue weighted by Crippen LogP contribution is -2.12. The van der Waals surface area contributed by atoms with Crippen LogP contribution in [0.25, 0.3) is 11.0 Å². The van der Waals surface area contributed by atoms with Gasteiger partial charge in [-0.15, -0.1) is 0 Å². The minimum atomic E-state index is -0.335. The largest absolute Gasteiger partial charge is 0.466 e. The molecule has 2 N–H and O–H groups in total. The van der Waals surface area contributed by atoms with Gasteiger partial charge in [-0.1, -0.05) is 11.6 Å². The second-order valence-corrected chi connectivity index (χ2v) is 5.51. The van der Waals surface area contributed by atoms with E-state index in [1.165, 1.54) is 0 Å². The van der Waals surface area contributed by atoms with Crippen molar-refractivity contribution in [3.05, 3.63) is 57.7 Å². The van der Waals surface area contributed by atoms with E-state index in [4.69, 9.17) is 26.2 Å². The van der Waals surface area contributed by atoms with E-state index in [1.807, 2.05) is 45.0 Å². The minimum Gasteiger partial charge on any atom is -0.466 e. The van der Waals surface area contributed by atoms with E-state index >= 15 is 0 Å². The summed E-state index contributed by atoms with van der Waals surface area (Å²) in [7, 11) is 0. The van der Waals surface area contributed by atoms with E-state index in [9.17, 15) is 0 Å². The molecular weight excluding hydrogens is 274 g/mol. The van der Waals surface area contributed by atoms with Crippen LogP contribution in [-0.2, 0) is 0 Å². The molecule has 0 bridgehead atoms. The van der Waals surface area contributed by atoms with Crippen molar-refractivity contribution in [2.45, 2.75) is 26.8 Å². The van der Waals surface area contributed by atoms with Gasteiger partial charge in [-0.2, -0.15) is 0 Å². The molecule has 104 valence electrons. The summed E-state index contributed by atoms with van der Waals surface area (Å²) in [5, 5.41) is 1.69. The maximum absolute atomic E-state index is 6.35. The van der Waals surface area contributed by atoms with Crippen molar-refractivity contribution in [3.63, 3.8) is 0 Å². The molecule has 1 atom stereocenters. The Labute approximate surface area is 122 Å². The molecule has 1 aromatic carbocycles. The van der Waals surface area contributed by atoms with Gasteiger partial charge in [0.05, 0.1) is 6.04 Å². The summed E-state index contributed by atoms with van der Waals surface area (Å²) in [6.07, 6.45) is 0. The predicted octanol–water partition coefficient (Wildman–Crippen LogP) is 4.65. The first-order valence-electron chi connectivity index (χ1n) is 6.48. The number of furan rings is 2. The average molecular weight is 290 g/mol. The van der Waals surface area contributed by atoms with Gasteiger partial charge in [-0.25, -0.2) is 0 Å². The van der Waals surface area contributed by atoms with E-state index in [2.05, 4.69) is 0 Å². The highest BCUT2D eigenvalue weighted by molar-refractivity contribution is 6.31. The van der Waals surface area contributed by atoms with Gasteiger partial charge in [0, 0.05) is 21.5 Å². The maximum atomic E-state index is 6.35. The molecule has 4 heteroatoms. The molecule has 0 radical (unpaired) electrons. The van der Waals surface area contributed by atoms with Crippen molar-refractivity contribution < 1.29 is 8.83 Å². The third kappa shape index (κ3) is 2.03. The maximum Gasteiger partial charge on any atom is 0.134 e. The Morgan fingerprint density at radius 2 is 1.85 bits per heavy atom. The molecule has 0 amide bonds. The molecule has 3 nitrogen and oxygen atoms in total. The van der Waals surface area contributed by atoms with Gasteiger partial charge in [-0.3, -0.25) is 0 Å². The summed E-state index contributed by atoms with van der Waals surface area (Å²) >= 11 is 6.04. The number of fused-ring (bicyclic) bond motifs is 1. The number of benzene rings is 1. The van der Waals surface area contributed by atoms with Crippen LogP contribution >= 0.6 is 11.6 Å². The zero-order chi connectivity index (χ0) is 14.4. The molecule has 0 aliphatic heterocycles. The van der Waals surface area contributed by atoms with Gasteiger partial charge < -0.3 is 14.6 Å². The van der Waals surface area contributed by atoms with Gasteiger partial charge in [-0.05, 0) is 45.0 Å². The summed E-state index contributed by atoms with van der Waals surface area (Å²) in [5.74, 6) is 2.43. The molecule has 0 saturated carbocycles.